The molecule has 3 nitrogen and oxygen atoms in total. The lowest BCUT2D eigenvalue weighted by atomic mass is 10.0. The van der Waals surface area contributed by atoms with Gasteiger partial charge in [0.2, 0.25) is 0 Å². The fraction of sp³-hybridized carbons (Fsp3) is 0.231. The van der Waals surface area contributed by atoms with E-state index in [1.165, 1.54) is 2.88 Å². The van der Waals surface area contributed by atoms with Crippen molar-refractivity contribution in [1.29, 1.82) is 0 Å². The van der Waals surface area contributed by atoms with E-state index in [0.717, 1.165) is 21.3 Å². The number of halogens is 2. The van der Waals surface area contributed by atoms with Crippen molar-refractivity contribution in [2.24, 2.45) is 5.73 Å². The summed E-state index contributed by atoms with van der Waals surface area (Å²) in [6.07, 6.45) is 0. The van der Waals surface area contributed by atoms with E-state index in [2.05, 4.69) is 50.0 Å². The van der Waals surface area contributed by atoms with Crippen LogP contribution in [0.25, 0.3) is 0 Å². The molecular weight excluding hydrogens is 441 g/mol. The molecule has 0 saturated carbocycles. The second-order valence-corrected chi connectivity index (χ2v) is 7.46. The van der Waals surface area contributed by atoms with Crippen LogP contribution in [0.5, 0.6) is 11.5 Å². The Labute approximate surface area is 138 Å². The maximum Gasteiger partial charge on any atom is 0.141 e. The molecule has 0 aliphatic carbocycles. The standard InChI is InChI=1S/C13H13BrINO2S/c1-17-9-4-3-8(13(18-2)11(9)14)12(16)7-5-10(15)19-6-7/h3-6,12H,16H2,1-2H3. The highest BCUT2D eigenvalue weighted by Gasteiger charge is 2.19. The molecule has 0 amide bonds. The van der Waals surface area contributed by atoms with E-state index in [1.807, 2.05) is 12.1 Å². The first-order chi connectivity index (χ1) is 9.08. The molecule has 1 aromatic heterocycles. The van der Waals surface area contributed by atoms with Gasteiger partial charge in [-0.25, -0.2) is 0 Å². The van der Waals surface area contributed by atoms with Gasteiger partial charge in [0.1, 0.15) is 16.0 Å². The minimum Gasteiger partial charge on any atom is -0.495 e. The van der Waals surface area contributed by atoms with Gasteiger partial charge in [0.05, 0.1) is 23.1 Å². The average Bonchev–Trinajstić information content (AvgIpc) is 2.84. The summed E-state index contributed by atoms with van der Waals surface area (Å²) < 4.78 is 12.7. The van der Waals surface area contributed by atoms with Crippen molar-refractivity contribution in [3.05, 3.63) is 42.1 Å². The van der Waals surface area contributed by atoms with E-state index in [4.69, 9.17) is 15.2 Å². The molecule has 6 heteroatoms. The molecule has 0 fully saturated rings. The van der Waals surface area contributed by atoms with E-state index in [0.29, 0.717) is 5.75 Å². The summed E-state index contributed by atoms with van der Waals surface area (Å²) in [4.78, 5) is 0. The Morgan fingerprint density at radius 2 is 2.05 bits per heavy atom. The second kappa shape index (κ2) is 6.43. The minimum atomic E-state index is -0.211. The zero-order chi connectivity index (χ0) is 14.0. The highest BCUT2D eigenvalue weighted by Crippen LogP contribution is 2.41. The maximum atomic E-state index is 6.33. The van der Waals surface area contributed by atoms with Crippen molar-refractivity contribution >= 4 is 49.9 Å². The minimum absolute atomic E-state index is 0.211. The molecule has 0 spiro atoms. The fourth-order valence-electron chi connectivity index (χ4n) is 1.83. The van der Waals surface area contributed by atoms with Gasteiger partial charge in [-0.2, -0.15) is 0 Å². The van der Waals surface area contributed by atoms with E-state index < -0.39 is 0 Å². The molecule has 102 valence electrons. The van der Waals surface area contributed by atoms with Crippen LogP contribution in [0.2, 0.25) is 0 Å². The Balaban J connectivity index is 2.47. The number of rotatable bonds is 4. The van der Waals surface area contributed by atoms with Crippen molar-refractivity contribution < 1.29 is 9.47 Å². The van der Waals surface area contributed by atoms with Gasteiger partial charge < -0.3 is 15.2 Å². The van der Waals surface area contributed by atoms with Gasteiger partial charge in [-0.15, -0.1) is 11.3 Å². The lowest BCUT2D eigenvalue weighted by molar-refractivity contribution is 0.385. The Morgan fingerprint density at radius 3 is 2.58 bits per heavy atom. The van der Waals surface area contributed by atoms with Crippen LogP contribution < -0.4 is 15.2 Å². The molecule has 0 saturated heterocycles. The zero-order valence-electron chi connectivity index (χ0n) is 10.4. The Bertz CT molecular complexity index is 588. The van der Waals surface area contributed by atoms with E-state index in [-0.39, 0.29) is 6.04 Å². The van der Waals surface area contributed by atoms with Crippen LogP contribution in [-0.4, -0.2) is 14.2 Å². The molecule has 1 aromatic carbocycles. The van der Waals surface area contributed by atoms with Crippen LogP contribution in [0, 0.1) is 2.88 Å². The molecule has 2 rings (SSSR count). The van der Waals surface area contributed by atoms with Crippen molar-refractivity contribution in [2.75, 3.05) is 14.2 Å². The average molecular weight is 454 g/mol. The molecule has 1 atom stereocenters. The van der Waals surface area contributed by atoms with Crippen molar-refractivity contribution in [2.45, 2.75) is 6.04 Å². The summed E-state index contributed by atoms with van der Waals surface area (Å²) in [6.45, 7) is 0. The number of ether oxygens (including phenoxy) is 2. The lowest BCUT2D eigenvalue weighted by Gasteiger charge is -2.17. The Morgan fingerprint density at radius 1 is 1.32 bits per heavy atom. The van der Waals surface area contributed by atoms with Crippen LogP contribution in [0.4, 0.5) is 0 Å². The highest BCUT2D eigenvalue weighted by atomic mass is 127. The number of hydrogen-bond donors (Lipinski definition) is 1. The smallest absolute Gasteiger partial charge is 0.141 e. The monoisotopic (exact) mass is 453 g/mol. The third kappa shape index (κ3) is 3.07. The van der Waals surface area contributed by atoms with Crippen LogP contribution in [0.15, 0.2) is 28.1 Å². The molecule has 0 aliphatic rings. The third-order valence-corrected chi connectivity index (χ3v) is 5.36. The number of benzene rings is 1. The largest absolute Gasteiger partial charge is 0.495 e. The first kappa shape index (κ1) is 15.1. The fourth-order valence-corrected chi connectivity index (χ4v) is 3.92. The van der Waals surface area contributed by atoms with E-state index in [9.17, 15) is 0 Å². The van der Waals surface area contributed by atoms with Gasteiger partial charge >= 0.3 is 0 Å². The molecule has 1 unspecified atom stereocenters. The summed E-state index contributed by atoms with van der Waals surface area (Å²) in [5.41, 5.74) is 8.35. The Kier molecular flexibility index (Phi) is 5.10. The summed E-state index contributed by atoms with van der Waals surface area (Å²) in [7, 11) is 3.26. The molecular formula is C13H13BrINO2S. The summed E-state index contributed by atoms with van der Waals surface area (Å²) in [6, 6.07) is 5.71. The van der Waals surface area contributed by atoms with Crippen molar-refractivity contribution in [3.63, 3.8) is 0 Å². The van der Waals surface area contributed by atoms with Gasteiger partial charge in [0, 0.05) is 5.56 Å². The van der Waals surface area contributed by atoms with Crippen LogP contribution >= 0.6 is 49.9 Å². The zero-order valence-corrected chi connectivity index (χ0v) is 15.0. The lowest BCUT2D eigenvalue weighted by Crippen LogP contribution is -2.12. The van der Waals surface area contributed by atoms with Gasteiger partial charge in [0.25, 0.3) is 0 Å². The molecule has 1 heterocycles. The van der Waals surface area contributed by atoms with E-state index in [1.54, 1.807) is 25.6 Å². The number of methoxy groups -OCH3 is 2. The third-order valence-electron chi connectivity index (χ3n) is 2.80. The Hall–Kier alpha value is -0.310. The molecule has 0 bridgehead atoms. The predicted octanol–water partition coefficient (Wildman–Crippen LogP) is 4.18. The van der Waals surface area contributed by atoms with Crippen molar-refractivity contribution in [3.8, 4) is 11.5 Å². The van der Waals surface area contributed by atoms with Crippen LogP contribution in [-0.2, 0) is 0 Å². The normalized spacial score (nSPS) is 12.3. The maximum absolute atomic E-state index is 6.33. The number of hydrogen-bond acceptors (Lipinski definition) is 4. The summed E-state index contributed by atoms with van der Waals surface area (Å²) in [5.74, 6) is 1.45. The number of nitrogens with two attached hydrogens (primary N) is 1. The van der Waals surface area contributed by atoms with Crippen molar-refractivity contribution in [1.82, 2.24) is 0 Å². The molecule has 2 aromatic rings. The molecule has 19 heavy (non-hydrogen) atoms. The molecule has 2 N–H and O–H groups in total. The molecule has 0 aliphatic heterocycles. The SMILES string of the molecule is COc1ccc(C(N)c2csc(I)c2)c(OC)c1Br. The highest BCUT2D eigenvalue weighted by molar-refractivity contribution is 14.1. The number of thiophene rings is 1. The first-order valence-electron chi connectivity index (χ1n) is 5.48. The van der Waals surface area contributed by atoms with Crippen LogP contribution in [0.1, 0.15) is 17.2 Å². The predicted molar refractivity (Wildman–Crippen MR) is 90.3 cm³/mol. The second-order valence-electron chi connectivity index (χ2n) is 3.87. The summed E-state index contributed by atoms with van der Waals surface area (Å²) >= 11 is 7.47. The van der Waals surface area contributed by atoms with Crippen LogP contribution in [0.3, 0.4) is 0 Å². The molecule has 0 radical (unpaired) electrons. The summed E-state index contributed by atoms with van der Waals surface area (Å²) in [5, 5.41) is 2.07. The quantitative estimate of drug-likeness (QED) is 0.706. The van der Waals surface area contributed by atoms with Gasteiger partial charge in [-0.05, 0) is 67.7 Å². The van der Waals surface area contributed by atoms with Gasteiger partial charge in [0.15, 0.2) is 0 Å². The van der Waals surface area contributed by atoms with E-state index >= 15 is 0 Å². The topological polar surface area (TPSA) is 44.5 Å². The van der Waals surface area contributed by atoms with Gasteiger partial charge in [-0.3, -0.25) is 0 Å². The van der Waals surface area contributed by atoms with Gasteiger partial charge in [-0.1, -0.05) is 0 Å². The first-order valence-corrected chi connectivity index (χ1v) is 8.23.